The number of piperazine rings is 1. The van der Waals surface area contributed by atoms with Crippen LogP contribution >= 0.6 is 11.8 Å². The summed E-state index contributed by atoms with van der Waals surface area (Å²) in [5.74, 6) is 2.00. The van der Waals surface area contributed by atoms with Crippen molar-refractivity contribution < 1.29 is 9.59 Å². The largest absolute Gasteiger partial charge is 0.339 e. The van der Waals surface area contributed by atoms with Crippen molar-refractivity contribution >= 4 is 23.6 Å². The number of aromatic nitrogens is 3. The maximum absolute atomic E-state index is 13.0. The fourth-order valence-electron chi connectivity index (χ4n) is 5.61. The molecule has 1 aliphatic rings. The highest BCUT2D eigenvalue weighted by Crippen LogP contribution is 2.29. The van der Waals surface area contributed by atoms with Gasteiger partial charge in [-0.15, -0.1) is 10.2 Å². The van der Waals surface area contributed by atoms with Crippen molar-refractivity contribution in [1.82, 2.24) is 24.6 Å². The highest BCUT2D eigenvalue weighted by Gasteiger charge is 2.29. The molecule has 0 aliphatic carbocycles. The number of unbranched alkanes of at least 4 members (excludes halogenated alkanes) is 6. The molecule has 0 bridgehead atoms. The molecule has 2 amide bonds. The fourth-order valence-corrected chi connectivity index (χ4v) is 6.50. The summed E-state index contributed by atoms with van der Waals surface area (Å²) in [7, 11) is 0. The van der Waals surface area contributed by atoms with E-state index in [0.717, 1.165) is 47.2 Å². The molecule has 1 aromatic heterocycles. The second-order valence-electron chi connectivity index (χ2n) is 11.4. The summed E-state index contributed by atoms with van der Waals surface area (Å²) in [6.45, 7) is 8.27. The predicted molar refractivity (Wildman–Crippen MR) is 172 cm³/mol. The summed E-state index contributed by atoms with van der Waals surface area (Å²) in [5.41, 5.74) is 3.23. The number of carbonyl (C=O) groups excluding carboxylic acids is 2. The molecule has 2 heterocycles. The number of carbonyl (C=O) groups is 2. The van der Waals surface area contributed by atoms with Gasteiger partial charge in [-0.2, -0.15) is 0 Å². The summed E-state index contributed by atoms with van der Waals surface area (Å²) in [5, 5.41) is 9.89. The SMILES string of the molecule is CCCCCCCCCC(=O)N1CCN(C(=O)CCCSc2nnc(-c3ccccc3)n2-c2cccc(C)c2)CC1C. The average Bonchev–Trinajstić information content (AvgIpc) is 3.43. The Morgan fingerprint density at radius 3 is 2.33 bits per heavy atom. The summed E-state index contributed by atoms with van der Waals surface area (Å²) in [6, 6.07) is 18.5. The lowest BCUT2D eigenvalue weighted by molar-refractivity contribution is -0.142. The highest BCUT2D eigenvalue weighted by atomic mass is 32.2. The second-order valence-corrected chi connectivity index (χ2v) is 12.5. The van der Waals surface area contributed by atoms with Gasteiger partial charge < -0.3 is 9.80 Å². The van der Waals surface area contributed by atoms with Gasteiger partial charge in [-0.1, -0.05) is 99.7 Å². The van der Waals surface area contributed by atoms with Gasteiger partial charge in [0, 0.05) is 55.5 Å². The molecule has 7 nitrogen and oxygen atoms in total. The van der Waals surface area contributed by atoms with E-state index in [2.05, 4.69) is 59.8 Å². The molecule has 42 heavy (non-hydrogen) atoms. The summed E-state index contributed by atoms with van der Waals surface area (Å²) >= 11 is 1.64. The van der Waals surface area contributed by atoms with E-state index >= 15 is 0 Å². The number of rotatable bonds is 15. The van der Waals surface area contributed by atoms with Crippen LogP contribution in [0, 0.1) is 6.92 Å². The minimum Gasteiger partial charge on any atom is -0.339 e. The van der Waals surface area contributed by atoms with E-state index in [1.54, 1.807) is 11.8 Å². The molecular formula is C34H47N5O2S. The van der Waals surface area contributed by atoms with Crippen LogP contribution in [0.3, 0.4) is 0 Å². The van der Waals surface area contributed by atoms with Crippen molar-refractivity contribution in [3.63, 3.8) is 0 Å². The first kappa shape index (κ1) is 31.8. The van der Waals surface area contributed by atoms with Crippen LogP contribution in [0.25, 0.3) is 17.1 Å². The van der Waals surface area contributed by atoms with Gasteiger partial charge in [0.1, 0.15) is 0 Å². The number of nitrogens with zero attached hydrogens (tertiary/aromatic N) is 5. The van der Waals surface area contributed by atoms with Crippen LogP contribution < -0.4 is 0 Å². The lowest BCUT2D eigenvalue weighted by Gasteiger charge is -2.40. The van der Waals surface area contributed by atoms with Crippen LogP contribution in [0.4, 0.5) is 0 Å². The molecule has 0 radical (unpaired) electrons. The number of hydrogen-bond acceptors (Lipinski definition) is 5. The first-order valence-electron chi connectivity index (χ1n) is 15.8. The number of aryl methyl sites for hydroxylation is 1. The lowest BCUT2D eigenvalue weighted by Crippen LogP contribution is -2.55. The quantitative estimate of drug-likeness (QED) is 0.137. The maximum Gasteiger partial charge on any atom is 0.222 e. The molecule has 2 aromatic carbocycles. The van der Waals surface area contributed by atoms with Crippen molar-refractivity contribution in [1.29, 1.82) is 0 Å². The Morgan fingerprint density at radius 1 is 0.857 bits per heavy atom. The summed E-state index contributed by atoms with van der Waals surface area (Å²) in [6.07, 6.45) is 10.4. The molecule has 1 fully saturated rings. The minimum absolute atomic E-state index is 0.0680. The zero-order chi connectivity index (χ0) is 29.7. The van der Waals surface area contributed by atoms with Gasteiger partial charge in [0.2, 0.25) is 11.8 Å². The molecule has 1 aliphatic heterocycles. The van der Waals surface area contributed by atoms with Gasteiger partial charge in [0.15, 0.2) is 11.0 Å². The van der Waals surface area contributed by atoms with Gasteiger partial charge in [-0.25, -0.2) is 0 Å². The van der Waals surface area contributed by atoms with Crippen LogP contribution in [-0.4, -0.2) is 67.8 Å². The Kier molecular flexibility index (Phi) is 12.5. The molecule has 0 saturated carbocycles. The van der Waals surface area contributed by atoms with E-state index in [9.17, 15) is 9.59 Å². The third kappa shape index (κ3) is 8.93. The van der Waals surface area contributed by atoms with Crippen LogP contribution in [0.1, 0.15) is 83.6 Å². The minimum atomic E-state index is 0.0680. The molecular weight excluding hydrogens is 542 g/mol. The van der Waals surface area contributed by atoms with E-state index in [-0.39, 0.29) is 17.9 Å². The first-order valence-corrected chi connectivity index (χ1v) is 16.7. The van der Waals surface area contributed by atoms with E-state index in [4.69, 9.17) is 0 Å². The zero-order valence-electron chi connectivity index (χ0n) is 25.6. The summed E-state index contributed by atoms with van der Waals surface area (Å²) in [4.78, 5) is 29.8. The Balaban J connectivity index is 1.23. The van der Waals surface area contributed by atoms with E-state index in [1.165, 1.54) is 37.7 Å². The van der Waals surface area contributed by atoms with Gasteiger partial charge in [0.05, 0.1) is 0 Å². The van der Waals surface area contributed by atoms with Crippen molar-refractivity contribution in [3.05, 3.63) is 60.2 Å². The van der Waals surface area contributed by atoms with Crippen LogP contribution in [0.15, 0.2) is 59.8 Å². The van der Waals surface area contributed by atoms with Gasteiger partial charge in [-0.05, 0) is 44.4 Å². The lowest BCUT2D eigenvalue weighted by atomic mass is 10.1. The Labute approximate surface area is 256 Å². The molecule has 1 saturated heterocycles. The van der Waals surface area contributed by atoms with E-state index < -0.39 is 0 Å². The smallest absolute Gasteiger partial charge is 0.222 e. The number of thioether (sulfide) groups is 1. The third-order valence-electron chi connectivity index (χ3n) is 7.99. The van der Waals surface area contributed by atoms with Crippen molar-refractivity contribution in [2.75, 3.05) is 25.4 Å². The van der Waals surface area contributed by atoms with Crippen molar-refractivity contribution in [2.45, 2.75) is 96.2 Å². The molecule has 1 atom stereocenters. The summed E-state index contributed by atoms with van der Waals surface area (Å²) < 4.78 is 2.11. The molecule has 4 rings (SSSR count). The van der Waals surface area contributed by atoms with Gasteiger partial charge >= 0.3 is 0 Å². The predicted octanol–water partition coefficient (Wildman–Crippen LogP) is 7.32. The van der Waals surface area contributed by atoms with Crippen molar-refractivity contribution in [2.24, 2.45) is 0 Å². The van der Waals surface area contributed by atoms with Crippen LogP contribution in [-0.2, 0) is 9.59 Å². The number of amides is 2. The third-order valence-corrected chi connectivity index (χ3v) is 9.00. The van der Waals surface area contributed by atoms with E-state index in [0.29, 0.717) is 32.5 Å². The molecule has 0 spiro atoms. The molecule has 1 unspecified atom stereocenters. The Hall–Kier alpha value is -3.13. The first-order chi connectivity index (χ1) is 20.5. The standard InChI is InChI=1S/C34H47N5O2S/c1-4-5-6-7-8-9-13-20-32(41)38-23-22-37(26-28(38)3)31(40)21-15-24-42-34-36-35-33(29-17-11-10-12-18-29)39(34)30-19-14-16-27(2)25-30/h10-12,14,16-19,25,28H,4-9,13,15,20-24,26H2,1-3H3. The average molecular weight is 590 g/mol. The monoisotopic (exact) mass is 589 g/mol. The number of hydrogen-bond donors (Lipinski definition) is 0. The number of benzene rings is 2. The van der Waals surface area contributed by atoms with Crippen LogP contribution in [0.2, 0.25) is 0 Å². The highest BCUT2D eigenvalue weighted by molar-refractivity contribution is 7.99. The van der Waals surface area contributed by atoms with Crippen LogP contribution in [0.5, 0.6) is 0 Å². The van der Waals surface area contributed by atoms with Crippen molar-refractivity contribution in [3.8, 4) is 17.1 Å². The fraction of sp³-hybridized carbons (Fsp3) is 0.529. The topological polar surface area (TPSA) is 71.3 Å². The Bertz CT molecular complexity index is 1280. The Morgan fingerprint density at radius 2 is 1.60 bits per heavy atom. The second kappa shape index (κ2) is 16.5. The molecule has 0 N–H and O–H groups in total. The van der Waals surface area contributed by atoms with Gasteiger partial charge in [-0.3, -0.25) is 14.2 Å². The molecule has 3 aromatic rings. The van der Waals surface area contributed by atoms with E-state index in [1.807, 2.05) is 40.1 Å². The van der Waals surface area contributed by atoms with Gasteiger partial charge in [0.25, 0.3) is 0 Å². The maximum atomic E-state index is 13.0. The molecule has 226 valence electrons. The normalized spacial score (nSPS) is 15.3. The zero-order valence-corrected chi connectivity index (χ0v) is 26.5. The molecule has 8 heteroatoms.